The Morgan fingerprint density at radius 1 is 1.29 bits per heavy atom. The van der Waals surface area contributed by atoms with E-state index in [4.69, 9.17) is 0 Å². The first-order valence-electron chi connectivity index (χ1n) is 5.92. The molecular formula is C12H9N7O2. The number of hydrogen-bond acceptors (Lipinski definition) is 7. The van der Waals surface area contributed by atoms with Crippen LogP contribution in [0.3, 0.4) is 0 Å². The van der Waals surface area contributed by atoms with Crippen LogP contribution in [0.2, 0.25) is 0 Å². The molecular weight excluding hydrogens is 274 g/mol. The highest BCUT2D eigenvalue weighted by atomic mass is 16.6. The van der Waals surface area contributed by atoms with E-state index in [1.54, 1.807) is 18.2 Å². The van der Waals surface area contributed by atoms with Gasteiger partial charge in [-0.3, -0.25) is 15.5 Å². The highest BCUT2D eigenvalue weighted by molar-refractivity contribution is 5.87. The van der Waals surface area contributed by atoms with Crippen molar-refractivity contribution in [3.63, 3.8) is 0 Å². The Labute approximate surface area is 117 Å². The molecule has 3 aromatic rings. The van der Waals surface area contributed by atoms with Gasteiger partial charge < -0.3 is 4.98 Å². The average Bonchev–Trinajstić information content (AvgIpc) is 2.97. The number of hydrogen-bond donors (Lipinski definition) is 2. The predicted molar refractivity (Wildman–Crippen MR) is 76.0 cm³/mol. The first-order chi connectivity index (χ1) is 10.3. The number of para-hydroxylation sites is 1. The first kappa shape index (κ1) is 12.7. The number of benzene rings is 1. The van der Waals surface area contributed by atoms with Crippen molar-refractivity contribution in [1.29, 1.82) is 0 Å². The maximum Gasteiger partial charge on any atom is 0.278 e. The molecule has 9 heteroatoms. The summed E-state index contributed by atoms with van der Waals surface area (Å²) < 4.78 is 0. The molecule has 0 saturated carbocycles. The van der Waals surface area contributed by atoms with Crippen LogP contribution in [-0.4, -0.2) is 31.1 Å². The number of imidazole rings is 1. The number of nitro groups is 1. The van der Waals surface area contributed by atoms with E-state index in [0.717, 1.165) is 0 Å². The lowest BCUT2D eigenvalue weighted by atomic mass is 10.2. The van der Waals surface area contributed by atoms with Crippen molar-refractivity contribution in [3.8, 4) is 0 Å². The van der Waals surface area contributed by atoms with E-state index in [1.807, 2.05) is 0 Å². The van der Waals surface area contributed by atoms with Crippen molar-refractivity contribution >= 4 is 28.9 Å². The minimum absolute atomic E-state index is 0.0163. The van der Waals surface area contributed by atoms with Crippen molar-refractivity contribution in [2.24, 2.45) is 5.10 Å². The first-order valence-corrected chi connectivity index (χ1v) is 5.92. The van der Waals surface area contributed by atoms with E-state index in [-0.39, 0.29) is 5.69 Å². The van der Waals surface area contributed by atoms with Crippen molar-refractivity contribution < 1.29 is 4.92 Å². The average molecular weight is 283 g/mol. The summed E-state index contributed by atoms with van der Waals surface area (Å²) in [5.41, 5.74) is 4.21. The second kappa shape index (κ2) is 5.33. The molecule has 0 aliphatic carbocycles. The van der Waals surface area contributed by atoms with Crippen molar-refractivity contribution in [3.05, 3.63) is 52.6 Å². The zero-order valence-electron chi connectivity index (χ0n) is 10.6. The largest absolute Gasteiger partial charge is 0.340 e. The minimum atomic E-state index is -0.459. The van der Waals surface area contributed by atoms with E-state index in [9.17, 15) is 10.1 Å². The Morgan fingerprint density at radius 2 is 2.14 bits per heavy atom. The normalized spacial score (nSPS) is 11.0. The standard InChI is InChI=1S/C12H9N7O2/c20-19(21)9-4-2-1-3-8(9)5-17-18-12-10-11(14-6-13-10)15-7-16-12/h1-7H,(H2,13,14,15,16,18). The van der Waals surface area contributed by atoms with E-state index in [0.29, 0.717) is 22.5 Å². The van der Waals surface area contributed by atoms with Gasteiger partial charge in [0.15, 0.2) is 11.5 Å². The Kier molecular flexibility index (Phi) is 3.21. The van der Waals surface area contributed by atoms with Crippen LogP contribution in [0.4, 0.5) is 11.5 Å². The number of nitro benzene ring substituents is 1. The van der Waals surface area contributed by atoms with Crippen LogP contribution in [0.5, 0.6) is 0 Å². The van der Waals surface area contributed by atoms with E-state index in [2.05, 4.69) is 30.5 Å². The lowest BCUT2D eigenvalue weighted by molar-refractivity contribution is -0.385. The molecule has 0 spiro atoms. The van der Waals surface area contributed by atoms with Gasteiger partial charge in [0.2, 0.25) is 0 Å². The second-order valence-electron chi connectivity index (χ2n) is 4.01. The van der Waals surface area contributed by atoms with Crippen LogP contribution >= 0.6 is 0 Å². The molecule has 2 N–H and O–H groups in total. The van der Waals surface area contributed by atoms with Crippen molar-refractivity contribution in [1.82, 2.24) is 19.9 Å². The molecule has 0 aliphatic heterocycles. The third kappa shape index (κ3) is 2.52. The number of aromatic nitrogens is 4. The molecule has 0 unspecified atom stereocenters. The molecule has 0 radical (unpaired) electrons. The molecule has 21 heavy (non-hydrogen) atoms. The molecule has 0 atom stereocenters. The number of anilines is 1. The monoisotopic (exact) mass is 283 g/mol. The maximum atomic E-state index is 10.9. The van der Waals surface area contributed by atoms with Gasteiger partial charge in [0.25, 0.3) is 5.69 Å². The van der Waals surface area contributed by atoms with Crippen LogP contribution in [0, 0.1) is 10.1 Å². The number of rotatable bonds is 4. The van der Waals surface area contributed by atoms with Crippen LogP contribution < -0.4 is 5.43 Å². The fourth-order valence-corrected chi connectivity index (χ4v) is 1.78. The highest BCUT2D eigenvalue weighted by Gasteiger charge is 2.10. The summed E-state index contributed by atoms with van der Waals surface area (Å²) in [6.07, 6.45) is 4.21. The summed E-state index contributed by atoms with van der Waals surface area (Å²) in [5.74, 6) is 0.437. The summed E-state index contributed by atoms with van der Waals surface area (Å²) in [6.45, 7) is 0. The third-order valence-electron chi connectivity index (χ3n) is 2.73. The number of nitrogens with one attached hydrogen (secondary N) is 2. The summed E-state index contributed by atoms with van der Waals surface area (Å²) in [7, 11) is 0. The van der Waals surface area contributed by atoms with Crippen molar-refractivity contribution in [2.45, 2.75) is 0 Å². The Morgan fingerprint density at radius 3 is 3.00 bits per heavy atom. The molecule has 2 aromatic heterocycles. The molecule has 104 valence electrons. The smallest absolute Gasteiger partial charge is 0.278 e. The zero-order valence-corrected chi connectivity index (χ0v) is 10.6. The highest BCUT2D eigenvalue weighted by Crippen LogP contribution is 2.16. The molecule has 1 aromatic carbocycles. The number of aromatic amines is 1. The molecule has 3 rings (SSSR count). The molecule has 0 bridgehead atoms. The third-order valence-corrected chi connectivity index (χ3v) is 2.73. The van der Waals surface area contributed by atoms with E-state index in [1.165, 1.54) is 24.9 Å². The fourth-order valence-electron chi connectivity index (χ4n) is 1.78. The number of fused-ring (bicyclic) bond motifs is 1. The van der Waals surface area contributed by atoms with Gasteiger partial charge in [0.05, 0.1) is 23.0 Å². The predicted octanol–water partition coefficient (Wildman–Crippen LogP) is 1.71. The second-order valence-corrected chi connectivity index (χ2v) is 4.01. The number of nitrogens with zero attached hydrogens (tertiary/aromatic N) is 5. The Hall–Kier alpha value is -3.36. The van der Waals surface area contributed by atoms with E-state index < -0.39 is 4.92 Å². The maximum absolute atomic E-state index is 10.9. The Bertz CT molecular complexity index is 827. The number of hydrazone groups is 1. The summed E-state index contributed by atoms with van der Waals surface area (Å²) in [6, 6.07) is 6.32. The van der Waals surface area contributed by atoms with Crippen molar-refractivity contribution in [2.75, 3.05) is 5.43 Å². The molecule has 0 aliphatic rings. The molecule has 0 saturated heterocycles. The van der Waals surface area contributed by atoms with Gasteiger partial charge in [0, 0.05) is 6.07 Å². The van der Waals surface area contributed by atoms with Gasteiger partial charge in [-0.2, -0.15) is 5.10 Å². The molecule has 2 heterocycles. The molecule has 9 nitrogen and oxygen atoms in total. The van der Waals surface area contributed by atoms with E-state index >= 15 is 0 Å². The lowest BCUT2D eigenvalue weighted by Gasteiger charge is -2.00. The zero-order chi connectivity index (χ0) is 14.7. The fraction of sp³-hybridized carbons (Fsp3) is 0. The van der Waals surface area contributed by atoms with Gasteiger partial charge in [-0.15, -0.1) is 0 Å². The van der Waals surface area contributed by atoms with Gasteiger partial charge in [-0.05, 0) is 6.07 Å². The molecule has 0 amide bonds. The lowest BCUT2D eigenvalue weighted by Crippen LogP contribution is -1.98. The summed E-state index contributed by atoms with van der Waals surface area (Å²) in [5, 5.41) is 14.9. The van der Waals surface area contributed by atoms with Gasteiger partial charge in [-0.25, -0.2) is 15.0 Å². The number of H-pyrrole nitrogens is 1. The minimum Gasteiger partial charge on any atom is -0.340 e. The van der Waals surface area contributed by atoms with Crippen LogP contribution in [0.25, 0.3) is 11.2 Å². The SMILES string of the molecule is O=[N+]([O-])c1ccccc1C=NNc1ncnc2nc[nH]c12. The summed E-state index contributed by atoms with van der Waals surface area (Å²) >= 11 is 0. The molecule has 0 fully saturated rings. The topological polar surface area (TPSA) is 122 Å². The van der Waals surface area contributed by atoms with Crippen LogP contribution in [-0.2, 0) is 0 Å². The van der Waals surface area contributed by atoms with Crippen LogP contribution in [0.1, 0.15) is 5.56 Å². The summed E-state index contributed by atoms with van der Waals surface area (Å²) in [4.78, 5) is 25.3. The quantitative estimate of drug-likeness (QED) is 0.427. The van der Waals surface area contributed by atoms with Gasteiger partial charge in [0.1, 0.15) is 11.8 Å². The van der Waals surface area contributed by atoms with Crippen LogP contribution in [0.15, 0.2) is 42.0 Å². The van der Waals surface area contributed by atoms with Gasteiger partial charge >= 0.3 is 0 Å². The Balaban J connectivity index is 1.85. The van der Waals surface area contributed by atoms with Gasteiger partial charge in [-0.1, -0.05) is 12.1 Å².